The lowest BCUT2D eigenvalue weighted by atomic mass is 9.88. The van der Waals surface area contributed by atoms with Gasteiger partial charge in [-0.15, -0.1) is 0 Å². The van der Waals surface area contributed by atoms with Crippen LogP contribution >= 0.6 is 0 Å². The minimum Gasteiger partial charge on any atom is -0.357 e. The fourth-order valence-corrected chi connectivity index (χ4v) is 1.93. The Morgan fingerprint density at radius 3 is 2.39 bits per heavy atom. The lowest BCUT2D eigenvalue weighted by molar-refractivity contribution is -0.384. The summed E-state index contributed by atoms with van der Waals surface area (Å²) in [7, 11) is 0. The number of nitrogens with zero attached hydrogens (tertiary/aromatic N) is 1. The van der Waals surface area contributed by atoms with Crippen LogP contribution in [0, 0.1) is 15.5 Å². The molecule has 0 unspecified atom stereocenters. The average Bonchev–Trinajstić information content (AvgIpc) is 2.78. The topological polar surface area (TPSA) is 64.4 Å². The summed E-state index contributed by atoms with van der Waals surface area (Å²) < 4.78 is 5.70. The number of hydrogen-bond donors (Lipinski definition) is 1. The van der Waals surface area contributed by atoms with Crippen LogP contribution in [0.5, 0.6) is 0 Å². The van der Waals surface area contributed by atoms with Crippen molar-refractivity contribution in [2.24, 2.45) is 5.41 Å². The van der Waals surface area contributed by atoms with E-state index < -0.39 is 4.92 Å². The third kappa shape index (κ3) is 2.68. The van der Waals surface area contributed by atoms with Crippen molar-refractivity contribution in [2.45, 2.75) is 33.0 Å². The molecule has 0 spiro atoms. The van der Waals surface area contributed by atoms with Gasteiger partial charge in [-0.05, 0) is 23.1 Å². The van der Waals surface area contributed by atoms with Gasteiger partial charge in [0.2, 0.25) is 0 Å². The molecule has 98 valence electrons. The fourth-order valence-electron chi connectivity index (χ4n) is 1.93. The van der Waals surface area contributed by atoms with Gasteiger partial charge in [-0.2, -0.15) is 0 Å². The van der Waals surface area contributed by atoms with E-state index >= 15 is 0 Å². The summed E-state index contributed by atoms with van der Waals surface area (Å²) in [6, 6.07) is 6.77. The standard InChI is InChI=1S/C13H18N2O3/c1-13(2,3)11-8-18-12(14-11)9-4-6-10(7-5-9)15(16)17/h4-7,11-12,14H,8H2,1-3H3/t11-,12-/m1/s1. The van der Waals surface area contributed by atoms with Gasteiger partial charge < -0.3 is 4.74 Å². The second kappa shape index (κ2) is 4.66. The molecule has 1 N–H and O–H groups in total. The minimum absolute atomic E-state index is 0.101. The highest BCUT2D eigenvalue weighted by Gasteiger charge is 2.33. The third-order valence-electron chi connectivity index (χ3n) is 3.23. The molecule has 2 atom stereocenters. The third-order valence-corrected chi connectivity index (χ3v) is 3.23. The number of rotatable bonds is 2. The van der Waals surface area contributed by atoms with E-state index in [4.69, 9.17) is 4.74 Å². The monoisotopic (exact) mass is 250 g/mol. The lowest BCUT2D eigenvalue weighted by Gasteiger charge is -2.26. The summed E-state index contributed by atoms with van der Waals surface area (Å²) >= 11 is 0. The van der Waals surface area contributed by atoms with Crippen molar-refractivity contribution in [2.75, 3.05) is 6.61 Å². The molecule has 2 rings (SSSR count). The molecule has 1 aliphatic heterocycles. The van der Waals surface area contributed by atoms with Crippen LogP contribution in [0.25, 0.3) is 0 Å². The van der Waals surface area contributed by atoms with Crippen LogP contribution in [0.15, 0.2) is 24.3 Å². The van der Waals surface area contributed by atoms with Crippen molar-refractivity contribution in [3.8, 4) is 0 Å². The zero-order chi connectivity index (χ0) is 13.3. The molecule has 5 heteroatoms. The van der Waals surface area contributed by atoms with E-state index in [1.807, 2.05) is 0 Å². The molecule has 0 bridgehead atoms. The van der Waals surface area contributed by atoms with Crippen LogP contribution in [0.4, 0.5) is 5.69 Å². The summed E-state index contributed by atoms with van der Waals surface area (Å²) in [5, 5.41) is 14.0. The normalized spacial score (nSPS) is 24.2. The Morgan fingerprint density at radius 1 is 1.33 bits per heavy atom. The Morgan fingerprint density at radius 2 is 1.94 bits per heavy atom. The van der Waals surface area contributed by atoms with E-state index in [-0.39, 0.29) is 23.4 Å². The van der Waals surface area contributed by atoms with Gasteiger partial charge in [0.05, 0.1) is 11.5 Å². The SMILES string of the molecule is CC(C)(C)[C@H]1CO[C@H](c2ccc([N+](=O)[O-])cc2)N1. The smallest absolute Gasteiger partial charge is 0.269 e. The maximum absolute atomic E-state index is 10.6. The molecule has 0 amide bonds. The van der Waals surface area contributed by atoms with Crippen LogP contribution in [0.3, 0.4) is 0 Å². The van der Waals surface area contributed by atoms with Gasteiger partial charge in [0.1, 0.15) is 6.23 Å². The zero-order valence-corrected chi connectivity index (χ0v) is 10.8. The fraction of sp³-hybridized carbons (Fsp3) is 0.538. The molecule has 1 saturated heterocycles. The van der Waals surface area contributed by atoms with E-state index in [2.05, 4.69) is 26.1 Å². The molecule has 5 nitrogen and oxygen atoms in total. The van der Waals surface area contributed by atoms with Gasteiger partial charge in [-0.25, -0.2) is 0 Å². The zero-order valence-electron chi connectivity index (χ0n) is 10.8. The predicted molar refractivity (Wildman–Crippen MR) is 68.2 cm³/mol. The largest absolute Gasteiger partial charge is 0.357 e. The van der Waals surface area contributed by atoms with Crippen molar-refractivity contribution in [1.29, 1.82) is 0 Å². The number of hydrogen-bond acceptors (Lipinski definition) is 4. The van der Waals surface area contributed by atoms with Crippen molar-refractivity contribution < 1.29 is 9.66 Å². The summed E-state index contributed by atoms with van der Waals surface area (Å²) in [6.45, 7) is 7.13. The van der Waals surface area contributed by atoms with E-state index in [0.29, 0.717) is 6.61 Å². The molecule has 1 heterocycles. The van der Waals surface area contributed by atoms with Gasteiger partial charge in [0.25, 0.3) is 5.69 Å². The van der Waals surface area contributed by atoms with E-state index in [9.17, 15) is 10.1 Å². The Labute approximate surface area is 106 Å². The highest BCUT2D eigenvalue weighted by atomic mass is 16.6. The summed E-state index contributed by atoms with van der Waals surface area (Å²) in [5.41, 5.74) is 1.16. The van der Waals surface area contributed by atoms with Crippen molar-refractivity contribution >= 4 is 5.69 Å². The number of nitro benzene ring substituents is 1. The molecule has 0 radical (unpaired) electrons. The summed E-state index contributed by atoms with van der Waals surface area (Å²) in [4.78, 5) is 10.2. The van der Waals surface area contributed by atoms with Crippen LogP contribution in [-0.2, 0) is 4.74 Å². The molecular formula is C13H18N2O3. The molecule has 1 aliphatic rings. The Hall–Kier alpha value is -1.46. The molecular weight excluding hydrogens is 232 g/mol. The first-order chi connectivity index (χ1) is 8.38. The second-order valence-corrected chi connectivity index (χ2v) is 5.65. The summed E-state index contributed by atoms with van der Waals surface area (Å²) in [6.07, 6.45) is -0.171. The summed E-state index contributed by atoms with van der Waals surface area (Å²) in [5.74, 6) is 0. The first kappa shape index (κ1) is 13.0. The van der Waals surface area contributed by atoms with E-state index in [1.165, 1.54) is 12.1 Å². The molecule has 0 aromatic heterocycles. The molecule has 0 aliphatic carbocycles. The van der Waals surface area contributed by atoms with Gasteiger partial charge in [0, 0.05) is 18.2 Å². The minimum atomic E-state index is -0.398. The highest BCUT2D eigenvalue weighted by Crippen LogP contribution is 2.30. The maximum atomic E-state index is 10.6. The van der Waals surface area contributed by atoms with E-state index in [0.717, 1.165) is 5.56 Å². The average molecular weight is 250 g/mol. The van der Waals surface area contributed by atoms with Crippen molar-refractivity contribution in [1.82, 2.24) is 5.32 Å². The van der Waals surface area contributed by atoms with Crippen LogP contribution < -0.4 is 5.32 Å². The Balaban J connectivity index is 2.08. The molecule has 1 fully saturated rings. The number of nitrogens with one attached hydrogen (secondary N) is 1. The Kier molecular flexibility index (Phi) is 3.36. The predicted octanol–water partition coefficient (Wildman–Crippen LogP) is 2.63. The van der Waals surface area contributed by atoms with Gasteiger partial charge in [0.15, 0.2) is 0 Å². The number of ether oxygens (including phenoxy) is 1. The first-order valence-electron chi connectivity index (χ1n) is 6.00. The number of benzene rings is 1. The quantitative estimate of drug-likeness (QED) is 0.647. The molecule has 18 heavy (non-hydrogen) atoms. The highest BCUT2D eigenvalue weighted by molar-refractivity contribution is 5.33. The Bertz CT molecular complexity index is 437. The number of nitro groups is 1. The molecule has 1 aromatic rings. The molecule has 1 aromatic carbocycles. The van der Waals surface area contributed by atoms with E-state index in [1.54, 1.807) is 12.1 Å². The van der Waals surface area contributed by atoms with Crippen LogP contribution in [0.2, 0.25) is 0 Å². The van der Waals surface area contributed by atoms with Crippen LogP contribution in [-0.4, -0.2) is 17.6 Å². The van der Waals surface area contributed by atoms with Crippen LogP contribution in [0.1, 0.15) is 32.6 Å². The van der Waals surface area contributed by atoms with Gasteiger partial charge in [-0.3, -0.25) is 15.4 Å². The first-order valence-corrected chi connectivity index (χ1v) is 6.00. The lowest BCUT2D eigenvalue weighted by Crippen LogP contribution is -2.37. The second-order valence-electron chi connectivity index (χ2n) is 5.65. The van der Waals surface area contributed by atoms with Crippen molar-refractivity contribution in [3.05, 3.63) is 39.9 Å². The van der Waals surface area contributed by atoms with Crippen molar-refractivity contribution in [3.63, 3.8) is 0 Å². The number of non-ortho nitro benzene ring substituents is 1. The van der Waals surface area contributed by atoms with Gasteiger partial charge in [-0.1, -0.05) is 20.8 Å². The van der Waals surface area contributed by atoms with Gasteiger partial charge >= 0.3 is 0 Å². The molecule has 0 saturated carbocycles. The maximum Gasteiger partial charge on any atom is 0.269 e.